The predicted molar refractivity (Wildman–Crippen MR) is 74.2 cm³/mol. The number of benzene rings is 1. The Kier molecular flexibility index (Phi) is 4.63. The van der Waals surface area contributed by atoms with Gasteiger partial charge in [0.15, 0.2) is 0 Å². The topological polar surface area (TPSA) is 55.1 Å². The summed E-state index contributed by atoms with van der Waals surface area (Å²) in [6, 6.07) is 5.77. The average Bonchev–Trinajstić information content (AvgIpc) is 2.23. The van der Waals surface area contributed by atoms with Crippen LogP contribution in [0.4, 0.5) is 0 Å². The number of hydrogen-bond acceptors (Lipinski definition) is 2. The van der Waals surface area contributed by atoms with Crippen LogP contribution in [-0.4, -0.2) is 17.4 Å². The number of aryl methyl sites for hydroxylation is 2. The molecule has 0 saturated heterocycles. The Balaban J connectivity index is 2.67. The number of hydrogen-bond donors (Lipinski definition) is 2. The van der Waals surface area contributed by atoms with Crippen molar-refractivity contribution >= 4 is 23.1 Å². The molecule has 1 unspecified atom stereocenters. The number of thiocarbonyl (C=S) groups is 1. The Morgan fingerprint density at radius 2 is 1.88 bits per heavy atom. The van der Waals surface area contributed by atoms with Gasteiger partial charge in [0.1, 0.15) is 0 Å². The largest absolute Gasteiger partial charge is 0.393 e. The summed E-state index contributed by atoms with van der Waals surface area (Å²) in [5, 5.41) is 2.83. The molecular formula is C13H18N2OS. The fourth-order valence-electron chi connectivity index (χ4n) is 1.55. The molecular weight excluding hydrogens is 232 g/mol. The second-order valence-electron chi connectivity index (χ2n) is 4.39. The van der Waals surface area contributed by atoms with Gasteiger partial charge in [0.2, 0.25) is 0 Å². The molecule has 92 valence electrons. The summed E-state index contributed by atoms with van der Waals surface area (Å²) >= 11 is 4.85. The molecule has 1 aromatic rings. The van der Waals surface area contributed by atoms with Crippen LogP contribution >= 0.6 is 12.2 Å². The maximum absolute atomic E-state index is 11.9. The van der Waals surface area contributed by atoms with E-state index in [2.05, 4.69) is 5.32 Å². The maximum Gasteiger partial charge on any atom is 0.251 e. The van der Waals surface area contributed by atoms with E-state index in [9.17, 15) is 4.79 Å². The maximum atomic E-state index is 11.9. The van der Waals surface area contributed by atoms with Crippen LogP contribution in [0.25, 0.3) is 0 Å². The highest BCUT2D eigenvalue weighted by Crippen LogP contribution is 2.08. The molecule has 0 aromatic heterocycles. The van der Waals surface area contributed by atoms with Crippen molar-refractivity contribution in [3.63, 3.8) is 0 Å². The summed E-state index contributed by atoms with van der Waals surface area (Å²) in [6.07, 6.45) is 0. The van der Waals surface area contributed by atoms with Crippen molar-refractivity contribution in [1.82, 2.24) is 5.32 Å². The molecule has 0 saturated carbocycles. The van der Waals surface area contributed by atoms with Crippen molar-refractivity contribution < 1.29 is 4.79 Å². The first kappa shape index (κ1) is 13.6. The fraction of sp³-hybridized carbons (Fsp3) is 0.385. The Hall–Kier alpha value is -1.42. The summed E-state index contributed by atoms with van der Waals surface area (Å²) in [5.41, 5.74) is 8.33. The zero-order valence-electron chi connectivity index (χ0n) is 10.4. The number of amides is 1. The van der Waals surface area contributed by atoms with Gasteiger partial charge in [-0.15, -0.1) is 0 Å². The van der Waals surface area contributed by atoms with Gasteiger partial charge in [-0.25, -0.2) is 0 Å². The third kappa shape index (κ3) is 4.15. The number of nitrogens with two attached hydrogens (primary N) is 1. The van der Waals surface area contributed by atoms with Crippen molar-refractivity contribution in [3.8, 4) is 0 Å². The van der Waals surface area contributed by atoms with E-state index >= 15 is 0 Å². The van der Waals surface area contributed by atoms with Crippen molar-refractivity contribution in [2.75, 3.05) is 6.54 Å². The summed E-state index contributed by atoms with van der Waals surface area (Å²) in [4.78, 5) is 12.3. The normalized spacial score (nSPS) is 11.9. The van der Waals surface area contributed by atoms with Crippen molar-refractivity contribution in [2.45, 2.75) is 20.8 Å². The zero-order chi connectivity index (χ0) is 13.0. The first-order valence-electron chi connectivity index (χ1n) is 5.56. The Labute approximate surface area is 107 Å². The predicted octanol–water partition coefficient (Wildman–Crippen LogP) is 1.96. The van der Waals surface area contributed by atoms with Crippen molar-refractivity contribution in [1.29, 1.82) is 0 Å². The van der Waals surface area contributed by atoms with Crippen LogP contribution in [0.1, 0.15) is 28.4 Å². The standard InChI is InChI=1S/C13H18N2OS/c1-8-4-9(2)6-11(5-8)13(16)15-7-10(3)12(14)17/h4-6,10H,7H2,1-3H3,(H2,14,17)(H,15,16). The lowest BCUT2D eigenvalue weighted by Gasteiger charge is -2.11. The van der Waals surface area contributed by atoms with Gasteiger partial charge in [-0.1, -0.05) is 36.3 Å². The molecule has 0 aliphatic heterocycles. The molecule has 3 N–H and O–H groups in total. The van der Waals surface area contributed by atoms with E-state index in [1.54, 1.807) is 0 Å². The van der Waals surface area contributed by atoms with E-state index < -0.39 is 0 Å². The van der Waals surface area contributed by atoms with Crippen LogP contribution < -0.4 is 11.1 Å². The average molecular weight is 250 g/mol. The molecule has 4 heteroatoms. The molecule has 1 amide bonds. The number of carbonyl (C=O) groups excluding carboxylic acids is 1. The lowest BCUT2D eigenvalue weighted by atomic mass is 10.1. The summed E-state index contributed by atoms with van der Waals surface area (Å²) in [5.74, 6) is -0.0697. The van der Waals surface area contributed by atoms with Crippen LogP contribution in [0, 0.1) is 19.8 Å². The third-order valence-corrected chi connectivity index (χ3v) is 2.94. The van der Waals surface area contributed by atoms with E-state index in [1.165, 1.54) is 0 Å². The van der Waals surface area contributed by atoms with E-state index in [0.717, 1.165) is 11.1 Å². The molecule has 0 heterocycles. The molecule has 1 atom stereocenters. The second-order valence-corrected chi connectivity index (χ2v) is 4.86. The Morgan fingerprint density at radius 3 is 2.35 bits per heavy atom. The second kappa shape index (κ2) is 5.77. The molecule has 0 fully saturated rings. The van der Waals surface area contributed by atoms with E-state index in [4.69, 9.17) is 18.0 Å². The SMILES string of the molecule is Cc1cc(C)cc(C(=O)NCC(C)C(N)=S)c1. The molecule has 0 spiro atoms. The smallest absolute Gasteiger partial charge is 0.251 e. The lowest BCUT2D eigenvalue weighted by molar-refractivity contribution is 0.0951. The summed E-state index contributed by atoms with van der Waals surface area (Å²) in [6.45, 7) is 6.31. The highest BCUT2D eigenvalue weighted by molar-refractivity contribution is 7.80. The summed E-state index contributed by atoms with van der Waals surface area (Å²) in [7, 11) is 0. The van der Waals surface area contributed by atoms with Gasteiger partial charge in [-0.3, -0.25) is 4.79 Å². The molecule has 1 rings (SSSR count). The number of rotatable bonds is 4. The monoisotopic (exact) mass is 250 g/mol. The summed E-state index contributed by atoms with van der Waals surface area (Å²) < 4.78 is 0. The molecule has 17 heavy (non-hydrogen) atoms. The van der Waals surface area contributed by atoms with Crippen LogP contribution in [0.3, 0.4) is 0 Å². The van der Waals surface area contributed by atoms with Gasteiger partial charge < -0.3 is 11.1 Å². The van der Waals surface area contributed by atoms with E-state index in [-0.39, 0.29) is 11.8 Å². The van der Waals surface area contributed by atoms with E-state index in [0.29, 0.717) is 17.1 Å². The minimum absolute atomic E-state index is 0.0138. The number of carbonyl (C=O) groups is 1. The van der Waals surface area contributed by atoms with Crippen molar-refractivity contribution in [3.05, 3.63) is 34.9 Å². The minimum Gasteiger partial charge on any atom is -0.393 e. The van der Waals surface area contributed by atoms with Gasteiger partial charge >= 0.3 is 0 Å². The van der Waals surface area contributed by atoms with Crippen LogP contribution in [-0.2, 0) is 0 Å². The van der Waals surface area contributed by atoms with Crippen LogP contribution in [0.15, 0.2) is 18.2 Å². The molecule has 0 bridgehead atoms. The Bertz CT molecular complexity index is 423. The molecule has 0 aliphatic carbocycles. The van der Waals surface area contributed by atoms with Gasteiger partial charge in [0.05, 0.1) is 4.99 Å². The quantitative estimate of drug-likeness (QED) is 0.803. The third-order valence-electron chi connectivity index (χ3n) is 2.54. The lowest BCUT2D eigenvalue weighted by Crippen LogP contribution is -2.33. The van der Waals surface area contributed by atoms with E-state index in [1.807, 2.05) is 39.0 Å². The van der Waals surface area contributed by atoms with Gasteiger partial charge in [0.25, 0.3) is 5.91 Å². The first-order valence-corrected chi connectivity index (χ1v) is 5.97. The Morgan fingerprint density at radius 1 is 1.35 bits per heavy atom. The molecule has 0 aliphatic rings. The molecule has 0 radical (unpaired) electrons. The van der Waals surface area contributed by atoms with Gasteiger partial charge in [-0.05, 0) is 26.0 Å². The zero-order valence-corrected chi connectivity index (χ0v) is 11.2. The van der Waals surface area contributed by atoms with Crippen LogP contribution in [0.5, 0.6) is 0 Å². The van der Waals surface area contributed by atoms with Gasteiger partial charge in [-0.2, -0.15) is 0 Å². The molecule has 1 aromatic carbocycles. The highest BCUT2D eigenvalue weighted by atomic mass is 32.1. The highest BCUT2D eigenvalue weighted by Gasteiger charge is 2.10. The first-order chi connectivity index (χ1) is 7.90. The fourth-order valence-corrected chi connectivity index (χ4v) is 1.64. The van der Waals surface area contributed by atoms with Crippen LogP contribution in [0.2, 0.25) is 0 Å². The van der Waals surface area contributed by atoms with Gasteiger partial charge in [0, 0.05) is 18.0 Å². The number of nitrogens with one attached hydrogen (secondary N) is 1. The molecule has 3 nitrogen and oxygen atoms in total. The minimum atomic E-state index is -0.0834. The van der Waals surface area contributed by atoms with Crippen molar-refractivity contribution in [2.24, 2.45) is 11.7 Å².